The Bertz CT molecular complexity index is 187. The van der Waals surface area contributed by atoms with Crippen LogP contribution in [0.1, 0.15) is 0 Å². The van der Waals surface area contributed by atoms with Gasteiger partial charge in [-0.3, -0.25) is 0 Å². The smallest absolute Gasteiger partial charge is 0.162 e. The maximum Gasteiger partial charge on any atom is 0.162 e. The SMILES string of the molecule is COCC1OC(O)C(COC)C(O)C1O. The van der Waals surface area contributed by atoms with Gasteiger partial charge in [0.15, 0.2) is 6.29 Å². The minimum atomic E-state index is -1.15. The van der Waals surface area contributed by atoms with Crippen molar-refractivity contribution in [2.24, 2.45) is 5.92 Å². The Morgan fingerprint density at radius 2 is 1.60 bits per heavy atom. The van der Waals surface area contributed by atoms with Crippen LogP contribution in [0.3, 0.4) is 0 Å². The molecular formula is C9H18O6. The lowest BCUT2D eigenvalue weighted by molar-refractivity contribution is -0.277. The van der Waals surface area contributed by atoms with E-state index in [2.05, 4.69) is 0 Å². The van der Waals surface area contributed by atoms with Crippen LogP contribution in [0.2, 0.25) is 0 Å². The van der Waals surface area contributed by atoms with Crippen molar-refractivity contribution in [2.45, 2.75) is 24.6 Å². The van der Waals surface area contributed by atoms with E-state index in [1.165, 1.54) is 14.2 Å². The van der Waals surface area contributed by atoms with Crippen molar-refractivity contribution in [3.05, 3.63) is 0 Å². The van der Waals surface area contributed by atoms with Gasteiger partial charge in [0, 0.05) is 14.2 Å². The number of hydrogen-bond donors (Lipinski definition) is 3. The number of aliphatic hydroxyl groups is 3. The molecule has 3 N–H and O–H groups in total. The van der Waals surface area contributed by atoms with Crippen LogP contribution in [0.15, 0.2) is 0 Å². The standard InChI is InChI=1S/C9H18O6/c1-13-3-5-7(10)8(11)6(4-14-2)15-9(5)12/h5-12H,3-4H2,1-2H3. The van der Waals surface area contributed by atoms with Crippen LogP contribution < -0.4 is 0 Å². The maximum absolute atomic E-state index is 9.71. The zero-order valence-electron chi connectivity index (χ0n) is 8.87. The van der Waals surface area contributed by atoms with Crippen molar-refractivity contribution in [1.82, 2.24) is 0 Å². The second-order valence-corrected chi connectivity index (χ2v) is 3.62. The van der Waals surface area contributed by atoms with E-state index in [1.807, 2.05) is 0 Å². The van der Waals surface area contributed by atoms with Crippen LogP contribution >= 0.6 is 0 Å². The summed E-state index contributed by atoms with van der Waals surface area (Å²) in [4.78, 5) is 0. The number of methoxy groups -OCH3 is 2. The highest BCUT2D eigenvalue weighted by Crippen LogP contribution is 2.25. The summed E-state index contributed by atoms with van der Waals surface area (Å²) in [5.41, 5.74) is 0. The Balaban J connectivity index is 2.61. The van der Waals surface area contributed by atoms with Gasteiger partial charge in [-0.05, 0) is 0 Å². The molecule has 1 saturated heterocycles. The second kappa shape index (κ2) is 5.74. The first kappa shape index (κ1) is 12.8. The molecule has 1 heterocycles. The summed E-state index contributed by atoms with van der Waals surface area (Å²) >= 11 is 0. The summed E-state index contributed by atoms with van der Waals surface area (Å²) < 4.78 is 14.7. The molecule has 5 atom stereocenters. The Morgan fingerprint density at radius 3 is 2.13 bits per heavy atom. The largest absolute Gasteiger partial charge is 0.390 e. The Morgan fingerprint density at radius 1 is 1.00 bits per heavy atom. The van der Waals surface area contributed by atoms with Crippen LogP contribution in [0.4, 0.5) is 0 Å². The van der Waals surface area contributed by atoms with Crippen molar-refractivity contribution < 1.29 is 29.5 Å². The lowest BCUT2D eigenvalue weighted by Crippen LogP contribution is -2.56. The first-order chi connectivity index (χ1) is 7.11. The average molecular weight is 222 g/mol. The first-order valence-corrected chi connectivity index (χ1v) is 4.79. The van der Waals surface area contributed by atoms with Crippen molar-refractivity contribution >= 4 is 0 Å². The molecule has 6 nitrogen and oxygen atoms in total. The highest BCUT2D eigenvalue weighted by atomic mass is 16.6. The topological polar surface area (TPSA) is 88.4 Å². The summed E-state index contributed by atoms with van der Waals surface area (Å²) in [6.45, 7) is 0.244. The number of aliphatic hydroxyl groups excluding tert-OH is 3. The number of rotatable bonds is 4. The zero-order chi connectivity index (χ0) is 11.4. The molecule has 1 aliphatic heterocycles. The fourth-order valence-electron chi connectivity index (χ4n) is 1.68. The Kier molecular flexibility index (Phi) is 4.91. The van der Waals surface area contributed by atoms with E-state index in [9.17, 15) is 15.3 Å². The summed E-state index contributed by atoms with van der Waals surface area (Å²) in [6, 6.07) is 0. The lowest BCUT2D eigenvalue weighted by Gasteiger charge is -2.40. The molecule has 1 rings (SSSR count). The van der Waals surface area contributed by atoms with Gasteiger partial charge in [-0.25, -0.2) is 0 Å². The van der Waals surface area contributed by atoms with Gasteiger partial charge in [-0.15, -0.1) is 0 Å². The molecule has 1 aliphatic rings. The van der Waals surface area contributed by atoms with Gasteiger partial charge < -0.3 is 29.5 Å². The van der Waals surface area contributed by atoms with Crippen molar-refractivity contribution in [1.29, 1.82) is 0 Å². The van der Waals surface area contributed by atoms with E-state index in [0.29, 0.717) is 0 Å². The van der Waals surface area contributed by atoms with Crippen molar-refractivity contribution in [3.63, 3.8) is 0 Å². The van der Waals surface area contributed by atoms with Crippen LogP contribution in [0, 0.1) is 5.92 Å². The minimum absolute atomic E-state index is 0.120. The van der Waals surface area contributed by atoms with Crippen LogP contribution in [0.5, 0.6) is 0 Å². The molecule has 0 saturated carbocycles. The molecule has 15 heavy (non-hydrogen) atoms. The molecule has 5 unspecified atom stereocenters. The summed E-state index contributed by atoms with van der Waals surface area (Å²) in [5, 5.41) is 28.9. The van der Waals surface area contributed by atoms with Crippen molar-refractivity contribution in [3.8, 4) is 0 Å². The fourth-order valence-corrected chi connectivity index (χ4v) is 1.68. The van der Waals surface area contributed by atoms with E-state index in [4.69, 9.17) is 14.2 Å². The third kappa shape index (κ3) is 2.87. The van der Waals surface area contributed by atoms with Gasteiger partial charge >= 0.3 is 0 Å². The maximum atomic E-state index is 9.71. The van der Waals surface area contributed by atoms with Gasteiger partial charge in [0.05, 0.1) is 25.2 Å². The van der Waals surface area contributed by atoms with Gasteiger partial charge in [0.2, 0.25) is 0 Å². The second-order valence-electron chi connectivity index (χ2n) is 3.62. The third-order valence-corrected chi connectivity index (χ3v) is 2.54. The molecule has 0 aromatic rings. The quantitative estimate of drug-likeness (QED) is 0.527. The summed E-state index contributed by atoms with van der Waals surface area (Å²) in [5.74, 6) is -0.641. The van der Waals surface area contributed by atoms with Gasteiger partial charge in [0.1, 0.15) is 12.2 Å². The van der Waals surface area contributed by atoms with Crippen LogP contribution in [-0.4, -0.2) is 67.4 Å². The molecular weight excluding hydrogens is 204 g/mol. The van der Waals surface area contributed by atoms with Gasteiger partial charge in [-0.1, -0.05) is 0 Å². The van der Waals surface area contributed by atoms with E-state index in [-0.39, 0.29) is 13.2 Å². The van der Waals surface area contributed by atoms with Crippen LogP contribution in [0.25, 0.3) is 0 Å². The highest BCUT2D eigenvalue weighted by Gasteiger charge is 2.43. The average Bonchev–Trinajstić information content (AvgIpc) is 2.21. The number of hydrogen-bond acceptors (Lipinski definition) is 6. The number of ether oxygens (including phenoxy) is 3. The fraction of sp³-hybridized carbons (Fsp3) is 1.00. The molecule has 90 valence electrons. The van der Waals surface area contributed by atoms with E-state index in [0.717, 1.165) is 0 Å². The molecule has 0 bridgehead atoms. The third-order valence-electron chi connectivity index (χ3n) is 2.54. The van der Waals surface area contributed by atoms with E-state index in [1.54, 1.807) is 0 Å². The summed E-state index contributed by atoms with van der Waals surface area (Å²) in [7, 11) is 2.91. The highest BCUT2D eigenvalue weighted by molar-refractivity contribution is 4.88. The molecule has 0 aromatic carbocycles. The first-order valence-electron chi connectivity index (χ1n) is 4.79. The predicted molar refractivity (Wildman–Crippen MR) is 50.1 cm³/mol. The molecule has 0 spiro atoms. The van der Waals surface area contributed by atoms with Crippen molar-refractivity contribution in [2.75, 3.05) is 27.4 Å². The zero-order valence-corrected chi connectivity index (χ0v) is 8.87. The minimum Gasteiger partial charge on any atom is -0.390 e. The van der Waals surface area contributed by atoms with E-state index < -0.39 is 30.5 Å². The lowest BCUT2D eigenvalue weighted by atomic mass is 9.91. The Labute approximate surface area is 88.4 Å². The molecule has 1 fully saturated rings. The predicted octanol–water partition coefficient (Wildman–Crippen LogP) is -1.67. The molecule has 0 aromatic heterocycles. The van der Waals surface area contributed by atoms with Crippen LogP contribution in [-0.2, 0) is 14.2 Å². The molecule has 0 radical (unpaired) electrons. The molecule has 0 aliphatic carbocycles. The molecule has 6 heteroatoms. The van der Waals surface area contributed by atoms with Gasteiger partial charge in [-0.2, -0.15) is 0 Å². The summed E-state index contributed by atoms with van der Waals surface area (Å²) in [6.07, 6.45) is -4.01. The van der Waals surface area contributed by atoms with Gasteiger partial charge in [0.25, 0.3) is 0 Å². The van der Waals surface area contributed by atoms with E-state index >= 15 is 0 Å². The Hall–Kier alpha value is -0.240. The normalized spacial score (nSPS) is 41.8. The monoisotopic (exact) mass is 222 g/mol. The molecule has 0 amide bonds.